The van der Waals surface area contributed by atoms with Crippen LogP contribution in [0.4, 0.5) is 0 Å². The Kier molecular flexibility index (Phi) is 4.05. The van der Waals surface area contributed by atoms with Crippen molar-refractivity contribution in [1.29, 1.82) is 0 Å². The van der Waals surface area contributed by atoms with Crippen molar-refractivity contribution in [3.05, 3.63) is 58.4 Å². The molecule has 0 spiro atoms. The van der Waals surface area contributed by atoms with Crippen molar-refractivity contribution in [2.75, 3.05) is 7.11 Å². The van der Waals surface area contributed by atoms with Gasteiger partial charge in [-0.2, -0.15) is 10.1 Å². The number of aromatic nitrogens is 8. The van der Waals surface area contributed by atoms with E-state index < -0.39 is 0 Å². The van der Waals surface area contributed by atoms with Gasteiger partial charge < -0.3 is 4.74 Å². The maximum Gasteiger partial charge on any atom is 0.287 e. The van der Waals surface area contributed by atoms with Crippen molar-refractivity contribution in [2.45, 2.75) is 20.3 Å². The van der Waals surface area contributed by atoms with E-state index in [-0.39, 0.29) is 17.0 Å². The fourth-order valence-electron chi connectivity index (χ4n) is 3.49. The number of hydrogen-bond donors (Lipinski definition) is 1. The maximum absolute atomic E-state index is 13.0. The lowest BCUT2D eigenvalue weighted by molar-refractivity contribution is 0.415. The second-order valence-corrected chi connectivity index (χ2v) is 6.78. The van der Waals surface area contributed by atoms with Gasteiger partial charge in [-0.1, -0.05) is 19.1 Å². The molecule has 0 saturated heterocycles. The highest BCUT2D eigenvalue weighted by Crippen LogP contribution is 2.30. The lowest BCUT2D eigenvalue weighted by Crippen LogP contribution is -2.21. The minimum atomic E-state index is -0.361. The van der Waals surface area contributed by atoms with Crippen LogP contribution in [0.15, 0.2) is 41.3 Å². The Hall–Kier alpha value is -4.08. The summed E-state index contributed by atoms with van der Waals surface area (Å²) in [5, 5.41) is 20.1. The average Bonchev–Trinajstić information content (AvgIpc) is 3.37. The Morgan fingerprint density at radius 3 is 2.60 bits per heavy atom. The first-order valence-electron chi connectivity index (χ1n) is 9.44. The second-order valence-electron chi connectivity index (χ2n) is 6.78. The number of H-pyrrole nitrogens is 1. The minimum absolute atomic E-state index is 0.193. The summed E-state index contributed by atoms with van der Waals surface area (Å²) in [6, 6.07) is 9.48. The molecule has 150 valence electrons. The molecule has 4 heterocycles. The average molecular weight is 402 g/mol. The summed E-state index contributed by atoms with van der Waals surface area (Å²) in [6.45, 7) is 3.80. The topological polar surface area (TPSA) is 116 Å². The first kappa shape index (κ1) is 18.0. The van der Waals surface area contributed by atoms with E-state index >= 15 is 0 Å². The molecule has 1 N–H and O–H groups in total. The van der Waals surface area contributed by atoms with Gasteiger partial charge in [0.2, 0.25) is 0 Å². The maximum atomic E-state index is 13.0. The van der Waals surface area contributed by atoms with Crippen LogP contribution in [0.2, 0.25) is 0 Å². The Balaban J connectivity index is 1.75. The van der Waals surface area contributed by atoms with E-state index in [1.54, 1.807) is 30.8 Å². The molecule has 0 fully saturated rings. The highest BCUT2D eigenvalue weighted by Gasteiger charge is 2.19. The summed E-state index contributed by atoms with van der Waals surface area (Å²) in [4.78, 5) is 17.2. The lowest BCUT2D eigenvalue weighted by atomic mass is 10.0. The highest BCUT2D eigenvalue weighted by atomic mass is 16.5. The highest BCUT2D eigenvalue weighted by molar-refractivity contribution is 5.84. The molecule has 10 nitrogen and oxygen atoms in total. The summed E-state index contributed by atoms with van der Waals surface area (Å²) in [6.07, 6.45) is 2.33. The number of nitrogens with zero attached hydrogens (tertiary/aromatic N) is 7. The molecule has 0 radical (unpaired) electrons. The molecular formula is C20H18N8O2. The molecule has 0 bridgehead atoms. The summed E-state index contributed by atoms with van der Waals surface area (Å²) in [5.74, 6) is 1.64. The lowest BCUT2D eigenvalue weighted by Gasteiger charge is -2.05. The third kappa shape index (κ3) is 2.65. The molecule has 30 heavy (non-hydrogen) atoms. The zero-order valence-corrected chi connectivity index (χ0v) is 16.6. The number of nitrogens with one attached hydrogen (secondary N) is 1. The molecule has 0 aliphatic heterocycles. The van der Waals surface area contributed by atoms with Crippen LogP contribution in [0, 0.1) is 6.92 Å². The molecule has 0 saturated carbocycles. The number of pyridine rings is 1. The van der Waals surface area contributed by atoms with Crippen LogP contribution in [0.25, 0.3) is 33.8 Å². The summed E-state index contributed by atoms with van der Waals surface area (Å²) in [7, 11) is 1.63. The SMILES string of the molecule is CCc1nn2c(nnc3c(=O)n(-c4n[nH]c(C)n4)ccc32)c1-c1ccc(OC)cc1. The Morgan fingerprint density at radius 2 is 1.93 bits per heavy atom. The number of ether oxygens (including phenoxy) is 1. The smallest absolute Gasteiger partial charge is 0.287 e. The van der Waals surface area contributed by atoms with Crippen molar-refractivity contribution in [1.82, 2.24) is 39.6 Å². The van der Waals surface area contributed by atoms with Gasteiger partial charge in [0.1, 0.15) is 17.1 Å². The minimum Gasteiger partial charge on any atom is -0.497 e. The summed E-state index contributed by atoms with van der Waals surface area (Å²) < 4.78 is 8.26. The normalized spacial score (nSPS) is 11.4. The standard InChI is InChI=1S/C20H18N8O2/c1-4-14-16(12-5-7-13(30-3)8-6-12)18-24-23-17-15(28(18)26-14)9-10-27(19(17)29)20-21-11(2)22-25-20/h5-10H,4H2,1-3H3,(H,21,22,25). The number of rotatable bonds is 4. The number of fused-ring (bicyclic) bond motifs is 3. The molecule has 0 aliphatic rings. The first-order chi connectivity index (χ1) is 14.6. The fraction of sp³-hybridized carbons (Fsp3) is 0.200. The van der Waals surface area contributed by atoms with Crippen molar-refractivity contribution in [2.24, 2.45) is 0 Å². The first-order valence-corrected chi connectivity index (χ1v) is 9.44. The van der Waals surface area contributed by atoms with Crippen LogP contribution in [-0.4, -0.2) is 46.7 Å². The van der Waals surface area contributed by atoms with E-state index in [0.717, 1.165) is 22.6 Å². The molecule has 0 unspecified atom stereocenters. The van der Waals surface area contributed by atoms with Gasteiger partial charge in [-0.05, 0) is 37.1 Å². The van der Waals surface area contributed by atoms with Crippen LogP contribution < -0.4 is 10.3 Å². The zero-order valence-electron chi connectivity index (χ0n) is 16.6. The van der Waals surface area contributed by atoms with Crippen molar-refractivity contribution in [3.8, 4) is 22.8 Å². The van der Waals surface area contributed by atoms with E-state index in [2.05, 4.69) is 25.4 Å². The third-order valence-electron chi connectivity index (χ3n) is 4.97. The molecule has 10 heteroatoms. The Bertz CT molecular complexity index is 1450. The number of hydrogen-bond acceptors (Lipinski definition) is 7. The quantitative estimate of drug-likeness (QED) is 0.489. The third-order valence-corrected chi connectivity index (χ3v) is 4.97. The van der Waals surface area contributed by atoms with E-state index in [4.69, 9.17) is 9.84 Å². The van der Waals surface area contributed by atoms with Crippen LogP contribution in [-0.2, 0) is 6.42 Å². The van der Waals surface area contributed by atoms with E-state index in [1.165, 1.54) is 4.57 Å². The molecule has 0 amide bonds. The Morgan fingerprint density at radius 1 is 1.13 bits per heavy atom. The van der Waals surface area contributed by atoms with Gasteiger partial charge in [0.05, 0.1) is 18.4 Å². The van der Waals surface area contributed by atoms with Crippen LogP contribution >= 0.6 is 0 Å². The number of methoxy groups -OCH3 is 1. The predicted octanol–water partition coefficient (Wildman–Crippen LogP) is 2.09. The largest absolute Gasteiger partial charge is 0.497 e. The van der Waals surface area contributed by atoms with Gasteiger partial charge in [-0.15, -0.1) is 15.3 Å². The van der Waals surface area contributed by atoms with Gasteiger partial charge in [-0.25, -0.2) is 9.08 Å². The van der Waals surface area contributed by atoms with Crippen LogP contribution in [0.3, 0.4) is 0 Å². The van der Waals surface area contributed by atoms with Crippen molar-refractivity contribution >= 4 is 16.7 Å². The molecule has 0 aliphatic carbocycles. The predicted molar refractivity (Wildman–Crippen MR) is 110 cm³/mol. The fourth-order valence-corrected chi connectivity index (χ4v) is 3.49. The second kappa shape index (κ2) is 6.76. The molecule has 5 rings (SSSR count). The monoisotopic (exact) mass is 402 g/mol. The summed E-state index contributed by atoms with van der Waals surface area (Å²) in [5.41, 5.74) is 3.72. The van der Waals surface area contributed by atoms with Crippen LogP contribution in [0.1, 0.15) is 18.4 Å². The van der Waals surface area contributed by atoms with Gasteiger partial charge in [0, 0.05) is 6.20 Å². The van der Waals surface area contributed by atoms with Crippen molar-refractivity contribution in [3.63, 3.8) is 0 Å². The van der Waals surface area contributed by atoms with E-state index in [1.807, 2.05) is 31.2 Å². The Labute approximate surface area is 170 Å². The summed E-state index contributed by atoms with van der Waals surface area (Å²) >= 11 is 0. The van der Waals surface area contributed by atoms with Gasteiger partial charge >= 0.3 is 0 Å². The molecule has 1 aromatic carbocycles. The number of aromatic amines is 1. The van der Waals surface area contributed by atoms with Crippen molar-refractivity contribution < 1.29 is 4.74 Å². The molecular weight excluding hydrogens is 384 g/mol. The molecule has 4 aromatic heterocycles. The molecule has 5 aromatic rings. The van der Waals surface area contributed by atoms with Gasteiger partial charge in [0.15, 0.2) is 11.2 Å². The van der Waals surface area contributed by atoms with Gasteiger partial charge in [-0.3, -0.25) is 9.89 Å². The number of aryl methyl sites for hydroxylation is 2. The van der Waals surface area contributed by atoms with E-state index in [9.17, 15) is 4.79 Å². The molecule has 0 atom stereocenters. The zero-order chi connectivity index (χ0) is 20.8. The number of benzene rings is 1. The van der Waals surface area contributed by atoms with Crippen LogP contribution in [0.5, 0.6) is 5.75 Å². The van der Waals surface area contributed by atoms with Gasteiger partial charge in [0.25, 0.3) is 11.5 Å². The van der Waals surface area contributed by atoms with E-state index in [0.29, 0.717) is 23.4 Å².